The molecule has 0 bridgehead atoms. The van der Waals surface area contributed by atoms with Crippen molar-refractivity contribution < 1.29 is 9.31 Å². The van der Waals surface area contributed by atoms with Crippen molar-refractivity contribution in [3.8, 4) is 6.07 Å². The minimum Gasteiger partial charge on any atom is -0.398 e. The molecule has 1 aliphatic rings. The number of nitrogens with one attached hydrogen (secondary N) is 1. The molecule has 0 amide bonds. The van der Waals surface area contributed by atoms with Crippen LogP contribution in [0.1, 0.15) is 33.3 Å². The van der Waals surface area contributed by atoms with Crippen molar-refractivity contribution in [3.05, 3.63) is 29.8 Å². The van der Waals surface area contributed by atoms with Crippen LogP contribution in [-0.2, 0) is 9.31 Å². The second-order valence-corrected chi connectivity index (χ2v) is 6.19. The molecule has 2 heterocycles. The van der Waals surface area contributed by atoms with Crippen LogP contribution >= 0.6 is 0 Å². The Hall–Kier alpha value is -1.77. The zero-order chi connectivity index (χ0) is 14.5. The maximum atomic E-state index is 9.15. The van der Waals surface area contributed by atoms with Gasteiger partial charge in [-0.05, 0) is 45.9 Å². The SMILES string of the molecule is CC1(C)OB(c2cc3c(C#N)cccc3[nH]2)OC1(C)C. The highest BCUT2D eigenvalue weighted by Gasteiger charge is 2.52. The average Bonchev–Trinajstić information content (AvgIpc) is 2.88. The molecule has 0 aliphatic carbocycles. The molecule has 0 spiro atoms. The molecule has 0 atom stereocenters. The fraction of sp³-hybridized carbons (Fsp3) is 0.400. The van der Waals surface area contributed by atoms with Crippen molar-refractivity contribution in [2.24, 2.45) is 0 Å². The number of hydrogen-bond donors (Lipinski definition) is 1. The molecule has 1 fully saturated rings. The standard InChI is InChI=1S/C15H17BN2O2/c1-14(2)15(3,4)20-16(19-14)13-8-11-10(9-17)6-5-7-12(11)18-13/h5-8,18H,1-4H3. The molecule has 4 nitrogen and oxygen atoms in total. The van der Waals surface area contributed by atoms with Gasteiger partial charge in [0, 0.05) is 16.5 Å². The molecule has 102 valence electrons. The maximum absolute atomic E-state index is 9.15. The number of nitrogens with zero attached hydrogens (tertiary/aromatic N) is 1. The number of benzene rings is 1. The third kappa shape index (κ3) is 1.84. The summed E-state index contributed by atoms with van der Waals surface area (Å²) in [6.45, 7) is 8.10. The Kier molecular flexibility index (Phi) is 2.72. The topological polar surface area (TPSA) is 58.0 Å². The van der Waals surface area contributed by atoms with E-state index in [-0.39, 0.29) is 11.2 Å². The molecule has 1 N–H and O–H groups in total. The highest BCUT2D eigenvalue weighted by molar-refractivity contribution is 6.61. The fourth-order valence-electron chi connectivity index (χ4n) is 2.37. The van der Waals surface area contributed by atoms with Crippen LogP contribution in [0, 0.1) is 11.3 Å². The molecule has 1 saturated heterocycles. The number of rotatable bonds is 1. The number of aromatic amines is 1. The average molecular weight is 268 g/mol. The maximum Gasteiger partial charge on any atom is 0.512 e. The number of hydrogen-bond acceptors (Lipinski definition) is 3. The predicted octanol–water partition coefficient (Wildman–Crippen LogP) is 2.34. The summed E-state index contributed by atoms with van der Waals surface area (Å²) >= 11 is 0. The van der Waals surface area contributed by atoms with Gasteiger partial charge >= 0.3 is 7.12 Å². The van der Waals surface area contributed by atoms with Gasteiger partial charge in [-0.15, -0.1) is 0 Å². The van der Waals surface area contributed by atoms with Crippen LogP contribution in [0.15, 0.2) is 24.3 Å². The van der Waals surface area contributed by atoms with Crippen molar-refractivity contribution in [1.82, 2.24) is 4.98 Å². The summed E-state index contributed by atoms with van der Waals surface area (Å²) in [5.74, 6) is 0. The summed E-state index contributed by atoms with van der Waals surface area (Å²) in [6.07, 6.45) is 0. The lowest BCUT2D eigenvalue weighted by Crippen LogP contribution is -2.41. The second kappa shape index (κ2) is 4.11. The Morgan fingerprint density at radius 3 is 2.40 bits per heavy atom. The van der Waals surface area contributed by atoms with Gasteiger partial charge in [-0.25, -0.2) is 0 Å². The van der Waals surface area contributed by atoms with E-state index in [4.69, 9.17) is 14.6 Å². The monoisotopic (exact) mass is 268 g/mol. The summed E-state index contributed by atoms with van der Waals surface area (Å²) in [5, 5.41) is 10.1. The van der Waals surface area contributed by atoms with Crippen LogP contribution in [0.5, 0.6) is 0 Å². The molecule has 2 aromatic rings. The van der Waals surface area contributed by atoms with Gasteiger partial charge in [-0.3, -0.25) is 0 Å². The predicted molar refractivity (Wildman–Crippen MR) is 78.7 cm³/mol. The summed E-state index contributed by atoms with van der Waals surface area (Å²) in [4.78, 5) is 3.29. The van der Waals surface area contributed by atoms with Gasteiger partial charge in [-0.1, -0.05) is 6.07 Å². The first-order valence-electron chi connectivity index (χ1n) is 6.71. The molecule has 0 radical (unpaired) electrons. The molecule has 1 aliphatic heterocycles. The van der Waals surface area contributed by atoms with E-state index in [0.29, 0.717) is 5.56 Å². The zero-order valence-electron chi connectivity index (χ0n) is 12.2. The Morgan fingerprint density at radius 1 is 1.15 bits per heavy atom. The number of H-pyrrole nitrogens is 1. The third-order valence-corrected chi connectivity index (χ3v) is 4.31. The second-order valence-electron chi connectivity index (χ2n) is 6.19. The van der Waals surface area contributed by atoms with Crippen molar-refractivity contribution >= 4 is 23.6 Å². The van der Waals surface area contributed by atoms with E-state index < -0.39 is 7.12 Å². The number of aromatic nitrogens is 1. The van der Waals surface area contributed by atoms with E-state index >= 15 is 0 Å². The van der Waals surface area contributed by atoms with Gasteiger partial charge in [0.25, 0.3) is 0 Å². The first kappa shape index (κ1) is 13.2. The molecule has 1 aromatic carbocycles. The van der Waals surface area contributed by atoms with Crippen LogP contribution in [0.3, 0.4) is 0 Å². The molecule has 20 heavy (non-hydrogen) atoms. The fourth-order valence-corrected chi connectivity index (χ4v) is 2.37. The first-order valence-corrected chi connectivity index (χ1v) is 6.71. The van der Waals surface area contributed by atoms with Crippen LogP contribution in [0.4, 0.5) is 0 Å². The van der Waals surface area contributed by atoms with Gasteiger partial charge in [0.2, 0.25) is 0 Å². The van der Waals surface area contributed by atoms with Crippen molar-refractivity contribution in [2.75, 3.05) is 0 Å². The van der Waals surface area contributed by atoms with Crippen LogP contribution < -0.4 is 5.59 Å². The quantitative estimate of drug-likeness (QED) is 0.807. The summed E-state index contributed by atoms with van der Waals surface area (Å²) in [7, 11) is -0.432. The van der Waals surface area contributed by atoms with Crippen LogP contribution in [0.25, 0.3) is 10.9 Å². The first-order chi connectivity index (χ1) is 9.34. The van der Waals surface area contributed by atoms with Gasteiger partial charge in [0.1, 0.15) is 0 Å². The van der Waals surface area contributed by atoms with Crippen molar-refractivity contribution in [2.45, 2.75) is 38.9 Å². The molecule has 3 rings (SSSR count). The van der Waals surface area contributed by atoms with E-state index in [1.54, 1.807) is 0 Å². The van der Waals surface area contributed by atoms with E-state index in [0.717, 1.165) is 16.5 Å². The van der Waals surface area contributed by atoms with E-state index in [9.17, 15) is 0 Å². The molecule has 1 aromatic heterocycles. The van der Waals surface area contributed by atoms with Crippen molar-refractivity contribution in [3.63, 3.8) is 0 Å². The lowest BCUT2D eigenvalue weighted by molar-refractivity contribution is 0.00578. The summed E-state index contributed by atoms with van der Waals surface area (Å²) < 4.78 is 12.0. The highest BCUT2D eigenvalue weighted by atomic mass is 16.7. The lowest BCUT2D eigenvalue weighted by atomic mass is 9.85. The third-order valence-electron chi connectivity index (χ3n) is 4.31. The number of fused-ring (bicyclic) bond motifs is 1. The van der Waals surface area contributed by atoms with Crippen LogP contribution in [-0.4, -0.2) is 23.3 Å². The summed E-state index contributed by atoms with van der Waals surface area (Å²) in [5.41, 5.74) is 1.69. The Balaban J connectivity index is 2.03. The Labute approximate surface area is 118 Å². The Morgan fingerprint density at radius 2 is 1.80 bits per heavy atom. The Bertz CT molecular complexity index is 696. The summed E-state index contributed by atoms with van der Waals surface area (Å²) in [6, 6.07) is 9.77. The number of nitriles is 1. The highest BCUT2D eigenvalue weighted by Crippen LogP contribution is 2.36. The van der Waals surface area contributed by atoms with Crippen LogP contribution in [0.2, 0.25) is 0 Å². The largest absolute Gasteiger partial charge is 0.512 e. The van der Waals surface area contributed by atoms with Gasteiger partial charge in [-0.2, -0.15) is 5.26 Å². The van der Waals surface area contributed by atoms with Gasteiger partial charge in [0.15, 0.2) is 0 Å². The van der Waals surface area contributed by atoms with E-state index in [2.05, 4.69) is 11.1 Å². The lowest BCUT2D eigenvalue weighted by Gasteiger charge is -2.32. The zero-order valence-corrected chi connectivity index (χ0v) is 12.2. The van der Waals surface area contributed by atoms with Crippen molar-refractivity contribution in [1.29, 1.82) is 5.26 Å². The molecular formula is C15H17BN2O2. The molecule has 0 saturated carbocycles. The normalized spacial score (nSPS) is 20.2. The van der Waals surface area contributed by atoms with E-state index in [1.165, 1.54) is 0 Å². The molecular weight excluding hydrogens is 251 g/mol. The van der Waals surface area contributed by atoms with Gasteiger partial charge in [0.05, 0.1) is 22.8 Å². The minimum atomic E-state index is -0.432. The molecule has 0 unspecified atom stereocenters. The van der Waals surface area contributed by atoms with Gasteiger partial charge < -0.3 is 14.3 Å². The minimum absolute atomic E-state index is 0.368. The molecule has 5 heteroatoms. The smallest absolute Gasteiger partial charge is 0.398 e. The van der Waals surface area contributed by atoms with E-state index in [1.807, 2.05) is 52.0 Å².